The second-order valence-corrected chi connectivity index (χ2v) is 7.41. The molecule has 0 radical (unpaired) electrons. The minimum absolute atomic E-state index is 0.102. The van der Waals surface area contributed by atoms with E-state index in [1.165, 1.54) is 11.3 Å². The zero-order valence-electron chi connectivity index (χ0n) is 15.1. The molecule has 0 spiro atoms. The highest BCUT2D eigenvalue weighted by molar-refractivity contribution is 7.15. The third-order valence-corrected chi connectivity index (χ3v) is 5.37. The lowest BCUT2D eigenvalue weighted by Crippen LogP contribution is -2.22. The SMILES string of the molecule is C=CCOc1c(Cl)cc(/C=c2/sc3nc4ccccc4n3c2=O)cc1OCC. The number of thiazole rings is 1. The first-order valence-corrected chi connectivity index (χ1v) is 9.93. The minimum atomic E-state index is -0.102. The molecular formula is C21H17ClN2O3S. The summed E-state index contributed by atoms with van der Waals surface area (Å²) in [4.78, 5) is 18.1. The molecule has 0 fully saturated rings. The Hall–Kier alpha value is -2.83. The molecule has 2 heterocycles. The molecular weight excluding hydrogens is 396 g/mol. The van der Waals surface area contributed by atoms with E-state index in [1.54, 1.807) is 22.6 Å². The van der Waals surface area contributed by atoms with Crippen LogP contribution in [0.5, 0.6) is 11.5 Å². The van der Waals surface area contributed by atoms with E-state index in [4.69, 9.17) is 21.1 Å². The third kappa shape index (κ3) is 3.25. The summed E-state index contributed by atoms with van der Waals surface area (Å²) in [7, 11) is 0. The number of hydrogen-bond donors (Lipinski definition) is 0. The molecule has 4 rings (SSSR count). The Balaban J connectivity index is 1.85. The lowest BCUT2D eigenvalue weighted by molar-refractivity contribution is 0.297. The lowest BCUT2D eigenvalue weighted by Gasteiger charge is -2.13. The lowest BCUT2D eigenvalue weighted by atomic mass is 10.2. The smallest absolute Gasteiger partial charge is 0.274 e. The number of imidazole rings is 1. The zero-order chi connectivity index (χ0) is 19.7. The van der Waals surface area contributed by atoms with Gasteiger partial charge in [0.05, 0.1) is 27.2 Å². The Kier molecular flexibility index (Phi) is 5.07. The standard InChI is InChI=1S/C21H17ClN2O3S/c1-3-9-27-19-14(22)10-13(11-17(19)26-4-2)12-18-20(25)24-16-8-6-5-7-15(16)23-21(24)28-18/h3,5-8,10-12H,1,4,9H2,2H3/b18-12+. The summed E-state index contributed by atoms with van der Waals surface area (Å²) in [5, 5.41) is 0.415. The number of aromatic nitrogens is 2. The van der Waals surface area contributed by atoms with Gasteiger partial charge in [-0.15, -0.1) is 0 Å². The molecule has 142 valence electrons. The van der Waals surface area contributed by atoms with Gasteiger partial charge in [-0.1, -0.05) is 47.7 Å². The van der Waals surface area contributed by atoms with E-state index in [-0.39, 0.29) is 5.56 Å². The average Bonchev–Trinajstić information content (AvgIpc) is 3.18. The molecule has 0 unspecified atom stereocenters. The van der Waals surface area contributed by atoms with E-state index in [2.05, 4.69) is 11.6 Å². The van der Waals surface area contributed by atoms with Gasteiger partial charge in [-0.3, -0.25) is 4.79 Å². The normalized spacial score (nSPS) is 12.0. The Morgan fingerprint density at radius 3 is 2.89 bits per heavy atom. The van der Waals surface area contributed by atoms with Crippen molar-refractivity contribution >= 4 is 45.0 Å². The first kappa shape index (κ1) is 18.5. The summed E-state index contributed by atoms with van der Waals surface area (Å²) in [6.07, 6.45) is 3.43. The van der Waals surface area contributed by atoms with E-state index in [0.717, 1.165) is 16.6 Å². The van der Waals surface area contributed by atoms with Crippen LogP contribution in [0.15, 0.2) is 53.8 Å². The number of halogens is 1. The molecule has 0 amide bonds. The van der Waals surface area contributed by atoms with Crippen molar-refractivity contribution in [1.29, 1.82) is 0 Å². The van der Waals surface area contributed by atoms with Gasteiger partial charge in [-0.2, -0.15) is 0 Å². The second kappa shape index (κ2) is 7.66. The summed E-state index contributed by atoms with van der Waals surface area (Å²) < 4.78 is 13.5. The number of para-hydroxylation sites is 2. The van der Waals surface area contributed by atoms with E-state index in [0.29, 0.717) is 39.2 Å². The first-order valence-electron chi connectivity index (χ1n) is 8.74. The summed E-state index contributed by atoms with van der Waals surface area (Å²) >= 11 is 7.74. The van der Waals surface area contributed by atoms with Crippen molar-refractivity contribution in [3.8, 4) is 11.5 Å². The number of nitrogens with zero attached hydrogens (tertiary/aromatic N) is 2. The Morgan fingerprint density at radius 2 is 2.11 bits per heavy atom. The quantitative estimate of drug-likeness (QED) is 0.448. The molecule has 2 aromatic heterocycles. The van der Waals surface area contributed by atoms with Crippen LogP contribution in [0.1, 0.15) is 12.5 Å². The summed E-state index contributed by atoms with van der Waals surface area (Å²) in [6, 6.07) is 11.2. The van der Waals surface area contributed by atoms with Crippen LogP contribution in [-0.2, 0) is 0 Å². The maximum absolute atomic E-state index is 12.9. The van der Waals surface area contributed by atoms with Gasteiger partial charge < -0.3 is 9.47 Å². The molecule has 0 bridgehead atoms. The number of ether oxygens (including phenoxy) is 2. The van der Waals surface area contributed by atoms with Crippen LogP contribution >= 0.6 is 22.9 Å². The zero-order valence-corrected chi connectivity index (χ0v) is 16.7. The molecule has 0 aliphatic carbocycles. The molecule has 0 N–H and O–H groups in total. The molecule has 28 heavy (non-hydrogen) atoms. The molecule has 0 saturated carbocycles. The fraction of sp³-hybridized carbons (Fsp3) is 0.143. The molecule has 0 atom stereocenters. The fourth-order valence-corrected chi connectivity index (χ4v) is 4.24. The minimum Gasteiger partial charge on any atom is -0.490 e. The van der Waals surface area contributed by atoms with Crippen LogP contribution < -0.4 is 19.6 Å². The van der Waals surface area contributed by atoms with Crippen molar-refractivity contribution in [2.45, 2.75) is 6.92 Å². The maximum atomic E-state index is 12.9. The van der Waals surface area contributed by atoms with Crippen LogP contribution in [0.25, 0.3) is 22.1 Å². The summed E-state index contributed by atoms with van der Waals surface area (Å²) in [6.45, 7) is 6.32. The second-order valence-electron chi connectivity index (χ2n) is 6.00. The highest BCUT2D eigenvalue weighted by Gasteiger charge is 2.13. The van der Waals surface area contributed by atoms with Gasteiger partial charge >= 0.3 is 0 Å². The maximum Gasteiger partial charge on any atom is 0.274 e. The molecule has 2 aromatic carbocycles. The first-order chi connectivity index (χ1) is 13.6. The van der Waals surface area contributed by atoms with Crippen LogP contribution in [0, 0.1) is 0 Å². The van der Waals surface area contributed by atoms with Gasteiger partial charge in [0.25, 0.3) is 5.56 Å². The van der Waals surface area contributed by atoms with Crippen molar-refractivity contribution in [1.82, 2.24) is 9.38 Å². The van der Waals surface area contributed by atoms with Gasteiger partial charge in [0.2, 0.25) is 0 Å². The van der Waals surface area contributed by atoms with Crippen LogP contribution in [-0.4, -0.2) is 22.6 Å². The monoisotopic (exact) mass is 412 g/mol. The number of hydrogen-bond acceptors (Lipinski definition) is 5. The molecule has 0 saturated heterocycles. The Bertz CT molecular complexity index is 1290. The fourth-order valence-electron chi connectivity index (χ4n) is 2.98. The summed E-state index contributed by atoms with van der Waals surface area (Å²) in [5.74, 6) is 0.997. The molecule has 5 nitrogen and oxygen atoms in total. The van der Waals surface area contributed by atoms with Gasteiger partial charge in [-0.25, -0.2) is 9.38 Å². The van der Waals surface area contributed by atoms with Gasteiger partial charge in [0, 0.05) is 0 Å². The topological polar surface area (TPSA) is 52.8 Å². The molecule has 4 aromatic rings. The van der Waals surface area contributed by atoms with Crippen molar-refractivity contribution in [2.24, 2.45) is 0 Å². The molecule has 0 aliphatic heterocycles. The van der Waals surface area contributed by atoms with Crippen molar-refractivity contribution in [3.63, 3.8) is 0 Å². The predicted octanol–water partition coefficient (Wildman–Crippen LogP) is 4.07. The van der Waals surface area contributed by atoms with Crippen molar-refractivity contribution in [2.75, 3.05) is 13.2 Å². The van der Waals surface area contributed by atoms with E-state index in [1.807, 2.05) is 37.3 Å². The average molecular weight is 413 g/mol. The van der Waals surface area contributed by atoms with Crippen molar-refractivity contribution in [3.05, 3.63) is 74.5 Å². The molecule has 0 aliphatic rings. The number of fused-ring (bicyclic) bond motifs is 3. The summed E-state index contributed by atoms with van der Waals surface area (Å²) in [5.41, 5.74) is 2.27. The van der Waals surface area contributed by atoms with Crippen LogP contribution in [0.4, 0.5) is 0 Å². The van der Waals surface area contributed by atoms with Gasteiger partial charge in [0.1, 0.15) is 6.61 Å². The third-order valence-electron chi connectivity index (χ3n) is 4.12. The van der Waals surface area contributed by atoms with E-state index >= 15 is 0 Å². The predicted molar refractivity (Wildman–Crippen MR) is 114 cm³/mol. The van der Waals surface area contributed by atoms with Crippen LogP contribution in [0.2, 0.25) is 5.02 Å². The number of benzene rings is 2. The Labute approximate surface area is 170 Å². The Morgan fingerprint density at radius 1 is 1.29 bits per heavy atom. The van der Waals surface area contributed by atoms with E-state index in [9.17, 15) is 4.79 Å². The highest BCUT2D eigenvalue weighted by Crippen LogP contribution is 2.37. The highest BCUT2D eigenvalue weighted by atomic mass is 35.5. The largest absolute Gasteiger partial charge is 0.490 e. The number of rotatable bonds is 6. The van der Waals surface area contributed by atoms with Gasteiger partial charge in [-0.05, 0) is 42.8 Å². The van der Waals surface area contributed by atoms with Gasteiger partial charge in [0.15, 0.2) is 16.5 Å². The molecule has 7 heteroatoms. The van der Waals surface area contributed by atoms with E-state index < -0.39 is 0 Å². The van der Waals surface area contributed by atoms with Crippen LogP contribution in [0.3, 0.4) is 0 Å². The van der Waals surface area contributed by atoms with Crippen molar-refractivity contribution < 1.29 is 9.47 Å².